The van der Waals surface area contributed by atoms with Gasteiger partial charge in [-0.25, -0.2) is 4.99 Å². The fraction of sp³-hybridized carbons (Fsp3) is 0.640. The van der Waals surface area contributed by atoms with Crippen molar-refractivity contribution in [3.8, 4) is 5.75 Å². The Morgan fingerprint density at radius 2 is 1.94 bits per heavy atom. The Labute approximate surface area is 193 Å². The SMILES string of the molecule is Cc1ccc(CN=C(NCc2nnc(C)n2C)NC2CCCC2)c(OC(C)CC(C)C)c1. The molecule has 0 aliphatic heterocycles. The van der Waals surface area contributed by atoms with Crippen molar-refractivity contribution in [3.63, 3.8) is 0 Å². The Kier molecular flexibility index (Phi) is 8.53. The fourth-order valence-corrected chi connectivity index (χ4v) is 4.18. The third kappa shape index (κ3) is 6.97. The van der Waals surface area contributed by atoms with E-state index in [0.717, 1.165) is 35.3 Å². The lowest BCUT2D eigenvalue weighted by molar-refractivity contribution is 0.191. The molecule has 1 heterocycles. The van der Waals surface area contributed by atoms with Crippen molar-refractivity contribution >= 4 is 5.96 Å². The zero-order valence-electron chi connectivity index (χ0n) is 20.6. The first-order chi connectivity index (χ1) is 15.3. The second kappa shape index (κ2) is 11.3. The fourth-order valence-electron chi connectivity index (χ4n) is 4.18. The molecule has 0 saturated heterocycles. The second-order valence-corrected chi connectivity index (χ2v) is 9.54. The van der Waals surface area contributed by atoms with Crippen molar-refractivity contribution in [2.45, 2.75) is 92.0 Å². The first kappa shape index (κ1) is 24.1. The molecule has 1 aliphatic rings. The molecule has 3 rings (SSSR count). The molecule has 1 aliphatic carbocycles. The van der Waals surface area contributed by atoms with Gasteiger partial charge in [-0.3, -0.25) is 0 Å². The van der Waals surface area contributed by atoms with E-state index in [1.54, 1.807) is 0 Å². The van der Waals surface area contributed by atoms with Crippen LogP contribution in [0.3, 0.4) is 0 Å². The lowest BCUT2D eigenvalue weighted by atomic mass is 10.1. The van der Waals surface area contributed by atoms with Crippen molar-refractivity contribution in [1.82, 2.24) is 25.4 Å². The van der Waals surface area contributed by atoms with Gasteiger partial charge in [0, 0.05) is 18.7 Å². The molecule has 7 nitrogen and oxygen atoms in total. The van der Waals surface area contributed by atoms with E-state index in [-0.39, 0.29) is 6.10 Å². The van der Waals surface area contributed by atoms with E-state index in [1.165, 1.54) is 31.2 Å². The van der Waals surface area contributed by atoms with Gasteiger partial charge >= 0.3 is 0 Å². The number of aryl methyl sites for hydroxylation is 2. The zero-order valence-corrected chi connectivity index (χ0v) is 20.6. The largest absolute Gasteiger partial charge is 0.490 e. The Morgan fingerprint density at radius 1 is 1.19 bits per heavy atom. The van der Waals surface area contributed by atoms with Gasteiger partial charge in [-0.2, -0.15) is 0 Å². The van der Waals surface area contributed by atoms with Gasteiger partial charge in [0.2, 0.25) is 0 Å². The Morgan fingerprint density at radius 3 is 2.59 bits per heavy atom. The number of ether oxygens (including phenoxy) is 1. The highest BCUT2D eigenvalue weighted by Gasteiger charge is 2.17. The average molecular weight is 441 g/mol. The summed E-state index contributed by atoms with van der Waals surface area (Å²) in [6, 6.07) is 6.86. The summed E-state index contributed by atoms with van der Waals surface area (Å²) in [5.74, 6) is 4.16. The molecule has 1 fully saturated rings. The lowest BCUT2D eigenvalue weighted by Gasteiger charge is -2.20. The smallest absolute Gasteiger partial charge is 0.192 e. The molecule has 0 amide bonds. The van der Waals surface area contributed by atoms with Crippen LogP contribution in [-0.4, -0.2) is 32.9 Å². The molecule has 2 aromatic rings. The van der Waals surface area contributed by atoms with Crippen molar-refractivity contribution in [3.05, 3.63) is 41.0 Å². The summed E-state index contributed by atoms with van der Waals surface area (Å²) in [5.41, 5.74) is 2.30. The van der Waals surface area contributed by atoms with Crippen LogP contribution in [0.1, 0.15) is 75.7 Å². The Hall–Kier alpha value is -2.57. The van der Waals surface area contributed by atoms with Gasteiger partial charge in [0.1, 0.15) is 11.6 Å². The molecule has 0 spiro atoms. The van der Waals surface area contributed by atoms with Crippen molar-refractivity contribution in [1.29, 1.82) is 0 Å². The molecule has 176 valence electrons. The second-order valence-electron chi connectivity index (χ2n) is 9.54. The highest BCUT2D eigenvalue weighted by Crippen LogP contribution is 2.24. The summed E-state index contributed by atoms with van der Waals surface area (Å²) in [7, 11) is 1.99. The van der Waals surface area contributed by atoms with Gasteiger partial charge in [-0.15, -0.1) is 10.2 Å². The van der Waals surface area contributed by atoms with E-state index in [9.17, 15) is 0 Å². The van der Waals surface area contributed by atoms with Crippen LogP contribution in [0.2, 0.25) is 0 Å². The third-order valence-electron chi connectivity index (χ3n) is 6.05. The highest BCUT2D eigenvalue weighted by atomic mass is 16.5. The monoisotopic (exact) mass is 440 g/mol. The maximum atomic E-state index is 6.32. The minimum Gasteiger partial charge on any atom is -0.490 e. The third-order valence-corrected chi connectivity index (χ3v) is 6.05. The van der Waals surface area contributed by atoms with Crippen LogP contribution < -0.4 is 15.4 Å². The molecular formula is C25H40N6O. The molecule has 0 radical (unpaired) electrons. The molecule has 1 unspecified atom stereocenters. The number of aliphatic imine (C=N–C) groups is 1. The number of aromatic nitrogens is 3. The van der Waals surface area contributed by atoms with E-state index >= 15 is 0 Å². The van der Waals surface area contributed by atoms with Crippen LogP contribution in [0.15, 0.2) is 23.2 Å². The molecule has 1 atom stereocenters. The van der Waals surface area contributed by atoms with Crippen molar-refractivity contribution < 1.29 is 4.74 Å². The number of rotatable bonds is 9. The number of nitrogens with zero attached hydrogens (tertiary/aromatic N) is 4. The number of benzene rings is 1. The minimum absolute atomic E-state index is 0.174. The molecule has 1 saturated carbocycles. The van der Waals surface area contributed by atoms with Crippen LogP contribution in [0.5, 0.6) is 5.75 Å². The molecule has 7 heteroatoms. The minimum atomic E-state index is 0.174. The van der Waals surface area contributed by atoms with Crippen molar-refractivity contribution in [2.24, 2.45) is 18.0 Å². The van der Waals surface area contributed by atoms with Crippen LogP contribution >= 0.6 is 0 Å². The zero-order chi connectivity index (χ0) is 23.1. The summed E-state index contributed by atoms with van der Waals surface area (Å²) in [6.07, 6.45) is 6.14. The summed E-state index contributed by atoms with van der Waals surface area (Å²) in [6.45, 7) is 11.8. The number of hydrogen-bond acceptors (Lipinski definition) is 4. The van der Waals surface area contributed by atoms with E-state index in [2.05, 4.69) is 66.7 Å². The first-order valence-electron chi connectivity index (χ1n) is 12.0. The van der Waals surface area contributed by atoms with Gasteiger partial charge in [-0.1, -0.05) is 38.8 Å². The summed E-state index contributed by atoms with van der Waals surface area (Å²) < 4.78 is 8.32. The molecule has 1 aromatic heterocycles. The first-order valence-corrected chi connectivity index (χ1v) is 12.0. The topological polar surface area (TPSA) is 76.4 Å². The number of nitrogens with one attached hydrogen (secondary N) is 2. The van der Waals surface area contributed by atoms with E-state index in [4.69, 9.17) is 9.73 Å². The van der Waals surface area contributed by atoms with E-state index in [0.29, 0.717) is 25.0 Å². The van der Waals surface area contributed by atoms with Crippen LogP contribution in [0.4, 0.5) is 0 Å². The lowest BCUT2D eigenvalue weighted by Crippen LogP contribution is -2.42. The highest BCUT2D eigenvalue weighted by molar-refractivity contribution is 5.80. The molecular weight excluding hydrogens is 400 g/mol. The Balaban J connectivity index is 1.73. The predicted molar refractivity (Wildman–Crippen MR) is 130 cm³/mol. The molecule has 32 heavy (non-hydrogen) atoms. The normalized spacial score (nSPS) is 15.9. The summed E-state index contributed by atoms with van der Waals surface area (Å²) in [4.78, 5) is 4.92. The number of guanidine groups is 1. The van der Waals surface area contributed by atoms with Gasteiger partial charge in [0.25, 0.3) is 0 Å². The summed E-state index contributed by atoms with van der Waals surface area (Å²) in [5, 5.41) is 15.5. The quantitative estimate of drug-likeness (QED) is 0.446. The molecule has 0 bridgehead atoms. The summed E-state index contributed by atoms with van der Waals surface area (Å²) >= 11 is 0. The van der Waals surface area contributed by atoms with Crippen molar-refractivity contribution in [2.75, 3.05) is 0 Å². The van der Waals surface area contributed by atoms with Gasteiger partial charge < -0.3 is 19.9 Å². The average Bonchev–Trinajstić information content (AvgIpc) is 3.35. The standard InChI is InChI=1S/C25H40N6O/c1-17(2)13-19(4)32-23-14-18(3)11-12-21(23)15-26-25(28-22-9-7-8-10-22)27-16-24-30-29-20(5)31(24)6/h11-12,14,17,19,22H,7-10,13,15-16H2,1-6H3,(H2,26,27,28). The Bertz CT molecular complexity index is 898. The molecule has 1 aromatic carbocycles. The van der Waals surface area contributed by atoms with E-state index in [1.807, 2.05) is 18.5 Å². The van der Waals surface area contributed by atoms with E-state index < -0.39 is 0 Å². The maximum absolute atomic E-state index is 6.32. The predicted octanol–water partition coefficient (Wildman–Crippen LogP) is 4.42. The maximum Gasteiger partial charge on any atom is 0.192 e. The number of hydrogen-bond donors (Lipinski definition) is 2. The van der Waals surface area contributed by atoms with Gasteiger partial charge in [0.05, 0.1) is 19.2 Å². The van der Waals surface area contributed by atoms with Gasteiger partial charge in [0.15, 0.2) is 11.8 Å². The van der Waals surface area contributed by atoms with Crippen LogP contribution in [-0.2, 0) is 20.1 Å². The van der Waals surface area contributed by atoms with Crippen LogP contribution in [0.25, 0.3) is 0 Å². The van der Waals surface area contributed by atoms with Gasteiger partial charge in [-0.05, 0) is 57.6 Å². The van der Waals surface area contributed by atoms with Crippen LogP contribution in [0, 0.1) is 19.8 Å². The molecule has 2 N–H and O–H groups in total.